The predicted molar refractivity (Wildman–Crippen MR) is 120 cm³/mol. The van der Waals surface area contributed by atoms with Crippen LogP contribution in [-0.2, 0) is 22.4 Å². The number of likely N-dealkylation sites (N-methyl/N-ethyl adjacent to an activating group) is 1. The van der Waals surface area contributed by atoms with Gasteiger partial charge in [-0.1, -0.05) is 36.4 Å². The smallest absolute Gasteiger partial charge is 0.227 e. The van der Waals surface area contributed by atoms with E-state index >= 15 is 0 Å². The average molecular weight is 406 g/mol. The van der Waals surface area contributed by atoms with Crippen LogP contribution in [0.1, 0.15) is 28.7 Å². The van der Waals surface area contributed by atoms with Gasteiger partial charge in [0.15, 0.2) is 0 Å². The molecule has 2 aromatic rings. The largest absolute Gasteiger partial charge is 0.354 e. The molecule has 1 aliphatic carbocycles. The number of carbonyl (C=O) groups excluding carboxylic acids is 2. The lowest BCUT2D eigenvalue weighted by molar-refractivity contribution is -0.126. The van der Waals surface area contributed by atoms with Crippen LogP contribution in [0.3, 0.4) is 0 Å². The van der Waals surface area contributed by atoms with Crippen LogP contribution >= 0.6 is 0 Å². The zero-order valence-corrected chi connectivity index (χ0v) is 18.4. The quantitative estimate of drug-likeness (QED) is 0.832. The summed E-state index contributed by atoms with van der Waals surface area (Å²) in [5.41, 5.74) is 5.78. The van der Waals surface area contributed by atoms with E-state index in [0.717, 1.165) is 29.7 Å². The topological polar surface area (TPSA) is 52.7 Å². The van der Waals surface area contributed by atoms with Crippen LogP contribution < -0.4 is 10.2 Å². The molecule has 0 aromatic heterocycles. The van der Waals surface area contributed by atoms with Gasteiger partial charge in [0.05, 0.1) is 5.92 Å². The minimum absolute atomic E-state index is 0.0201. The van der Waals surface area contributed by atoms with E-state index in [1.807, 2.05) is 32.0 Å². The fourth-order valence-electron chi connectivity index (χ4n) is 4.81. The summed E-state index contributed by atoms with van der Waals surface area (Å²) in [6.07, 6.45) is 2.12. The van der Waals surface area contributed by atoms with Crippen LogP contribution in [0.25, 0.3) is 0 Å². The number of aryl methyl sites for hydroxylation is 1. The van der Waals surface area contributed by atoms with E-state index in [2.05, 4.69) is 48.6 Å². The number of nitrogens with one attached hydrogen (secondary N) is 1. The Hall–Kier alpha value is -2.66. The normalized spacial score (nSPS) is 20.0. The third-order valence-corrected chi connectivity index (χ3v) is 7.06. The summed E-state index contributed by atoms with van der Waals surface area (Å²) >= 11 is 0. The highest BCUT2D eigenvalue weighted by atomic mass is 16.2. The monoisotopic (exact) mass is 405 g/mol. The average Bonchev–Trinajstić information content (AvgIpc) is 3.29. The molecule has 30 heavy (non-hydrogen) atoms. The number of carbonyl (C=O) groups is 2. The Bertz CT molecular complexity index is 957. The Morgan fingerprint density at radius 1 is 1.10 bits per heavy atom. The van der Waals surface area contributed by atoms with Crippen molar-refractivity contribution in [3.8, 4) is 0 Å². The van der Waals surface area contributed by atoms with Crippen molar-refractivity contribution in [1.29, 1.82) is 0 Å². The van der Waals surface area contributed by atoms with Crippen LogP contribution in [0.5, 0.6) is 0 Å². The lowest BCUT2D eigenvalue weighted by Gasteiger charge is -2.36. The van der Waals surface area contributed by atoms with Crippen molar-refractivity contribution in [2.45, 2.75) is 38.6 Å². The van der Waals surface area contributed by atoms with Gasteiger partial charge < -0.3 is 15.1 Å². The molecule has 4 rings (SSSR count). The second kappa shape index (κ2) is 7.88. The summed E-state index contributed by atoms with van der Waals surface area (Å²) in [7, 11) is 4.17. The number of rotatable bonds is 5. The molecule has 2 aromatic carbocycles. The Labute approximate surface area is 179 Å². The zero-order valence-electron chi connectivity index (χ0n) is 18.4. The molecule has 1 N–H and O–H groups in total. The minimum Gasteiger partial charge on any atom is -0.354 e. The van der Waals surface area contributed by atoms with Gasteiger partial charge >= 0.3 is 0 Å². The molecule has 5 nitrogen and oxygen atoms in total. The number of benzene rings is 2. The van der Waals surface area contributed by atoms with E-state index in [9.17, 15) is 9.59 Å². The fraction of sp³-hybridized carbons (Fsp3) is 0.440. The Kier molecular flexibility index (Phi) is 5.41. The molecule has 5 heteroatoms. The van der Waals surface area contributed by atoms with E-state index in [1.165, 1.54) is 11.1 Å². The maximum Gasteiger partial charge on any atom is 0.227 e. The van der Waals surface area contributed by atoms with Gasteiger partial charge in [0.25, 0.3) is 0 Å². The van der Waals surface area contributed by atoms with Gasteiger partial charge in [-0.2, -0.15) is 0 Å². The van der Waals surface area contributed by atoms with E-state index in [1.54, 1.807) is 4.90 Å². The Morgan fingerprint density at radius 2 is 1.77 bits per heavy atom. The Balaban J connectivity index is 1.43. The molecule has 1 saturated heterocycles. The summed E-state index contributed by atoms with van der Waals surface area (Å²) in [5.74, 6) is -0.298. The fourth-order valence-corrected chi connectivity index (χ4v) is 4.81. The van der Waals surface area contributed by atoms with Crippen molar-refractivity contribution >= 4 is 17.5 Å². The van der Waals surface area contributed by atoms with Gasteiger partial charge in [0.1, 0.15) is 0 Å². The van der Waals surface area contributed by atoms with Gasteiger partial charge in [-0.15, -0.1) is 0 Å². The van der Waals surface area contributed by atoms with Crippen LogP contribution in [-0.4, -0.2) is 49.4 Å². The second-order valence-corrected chi connectivity index (χ2v) is 9.08. The Morgan fingerprint density at radius 3 is 2.40 bits per heavy atom. The molecule has 0 bridgehead atoms. The molecule has 1 heterocycles. The van der Waals surface area contributed by atoms with Crippen LogP contribution in [0.4, 0.5) is 5.69 Å². The third kappa shape index (κ3) is 3.63. The van der Waals surface area contributed by atoms with Crippen molar-refractivity contribution in [1.82, 2.24) is 10.2 Å². The molecule has 1 unspecified atom stereocenters. The standard InChI is InChI=1S/C25H31N3O2/c1-17-8-7-11-22(18(17)2)28-15-21(12-23(28)29)24(30)26-16-25(27(3)4)13-19-9-5-6-10-20(19)14-25/h5-11,21H,12-16H2,1-4H3,(H,26,30). The highest BCUT2D eigenvalue weighted by Crippen LogP contribution is 2.34. The number of hydrogen-bond acceptors (Lipinski definition) is 3. The maximum atomic E-state index is 13.0. The first-order chi connectivity index (χ1) is 14.3. The van der Waals surface area contributed by atoms with Gasteiger partial charge in [-0.05, 0) is 69.1 Å². The van der Waals surface area contributed by atoms with E-state index in [-0.39, 0.29) is 29.7 Å². The number of amides is 2. The maximum absolute atomic E-state index is 13.0. The zero-order chi connectivity index (χ0) is 21.5. The van der Waals surface area contributed by atoms with E-state index in [4.69, 9.17) is 0 Å². The van der Waals surface area contributed by atoms with Gasteiger partial charge in [-0.3, -0.25) is 9.59 Å². The van der Waals surface area contributed by atoms with Crippen LogP contribution in [0.2, 0.25) is 0 Å². The van der Waals surface area contributed by atoms with Crippen molar-refractivity contribution < 1.29 is 9.59 Å². The molecule has 2 aliphatic rings. The summed E-state index contributed by atoms with van der Waals surface area (Å²) < 4.78 is 0. The molecule has 0 saturated carbocycles. The SMILES string of the molecule is Cc1cccc(N2CC(C(=O)NCC3(N(C)C)Cc4ccccc4C3)CC2=O)c1C. The molecule has 0 spiro atoms. The molecule has 1 fully saturated rings. The lowest BCUT2D eigenvalue weighted by atomic mass is 9.93. The molecular formula is C25H31N3O2. The van der Waals surface area contributed by atoms with Crippen LogP contribution in [0, 0.1) is 19.8 Å². The van der Waals surface area contributed by atoms with E-state index in [0.29, 0.717) is 13.1 Å². The molecular weight excluding hydrogens is 374 g/mol. The number of nitrogens with zero attached hydrogens (tertiary/aromatic N) is 2. The number of anilines is 1. The minimum atomic E-state index is -0.305. The van der Waals surface area contributed by atoms with Crippen molar-refractivity contribution in [2.75, 3.05) is 32.1 Å². The second-order valence-electron chi connectivity index (χ2n) is 9.08. The highest BCUT2D eigenvalue weighted by molar-refractivity contribution is 6.00. The molecule has 1 atom stereocenters. The summed E-state index contributed by atoms with van der Waals surface area (Å²) in [6, 6.07) is 14.5. The first-order valence-corrected chi connectivity index (χ1v) is 10.7. The highest BCUT2D eigenvalue weighted by Gasteiger charge is 2.41. The van der Waals surface area contributed by atoms with Crippen LogP contribution in [0.15, 0.2) is 42.5 Å². The van der Waals surface area contributed by atoms with E-state index < -0.39 is 0 Å². The van der Waals surface area contributed by atoms with Crippen molar-refractivity contribution in [3.63, 3.8) is 0 Å². The third-order valence-electron chi connectivity index (χ3n) is 7.06. The molecule has 1 aliphatic heterocycles. The first kappa shape index (κ1) is 20.6. The molecule has 158 valence electrons. The van der Waals surface area contributed by atoms with Crippen molar-refractivity contribution in [2.24, 2.45) is 5.92 Å². The molecule has 0 radical (unpaired) electrons. The summed E-state index contributed by atoms with van der Waals surface area (Å²) in [4.78, 5) is 29.7. The van der Waals surface area contributed by atoms with Gasteiger partial charge in [0.2, 0.25) is 11.8 Å². The summed E-state index contributed by atoms with van der Waals surface area (Å²) in [5, 5.41) is 3.18. The van der Waals surface area contributed by atoms with Gasteiger partial charge in [0, 0.05) is 30.7 Å². The summed E-state index contributed by atoms with van der Waals surface area (Å²) in [6.45, 7) is 5.11. The lowest BCUT2D eigenvalue weighted by Crippen LogP contribution is -2.54. The number of fused-ring (bicyclic) bond motifs is 1. The number of hydrogen-bond donors (Lipinski definition) is 1. The predicted octanol–water partition coefficient (Wildman–Crippen LogP) is 2.87. The van der Waals surface area contributed by atoms with Gasteiger partial charge in [-0.25, -0.2) is 0 Å². The first-order valence-electron chi connectivity index (χ1n) is 10.7. The van der Waals surface area contributed by atoms with Crippen molar-refractivity contribution in [3.05, 3.63) is 64.7 Å². The molecule has 2 amide bonds.